The van der Waals surface area contributed by atoms with Crippen LogP contribution in [0.5, 0.6) is 0 Å². The first-order chi connectivity index (χ1) is 6.71. The van der Waals surface area contributed by atoms with E-state index in [-0.39, 0.29) is 17.5 Å². The molecule has 0 radical (unpaired) electrons. The Morgan fingerprint density at radius 1 is 1.71 bits per heavy atom. The molecule has 1 heterocycles. The topological polar surface area (TPSA) is 55.0 Å². The minimum Gasteiger partial charge on any atom is -0.374 e. The van der Waals surface area contributed by atoms with E-state index in [0.29, 0.717) is 11.5 Å². The third-order valence-corrected chi connectivity index (χ3v) is 2.18. The number of rotatable bonds is 4. The van der Waals surface area contributed by atoms with Crippen molar-refractivity contribution in [1.29, 1.82) is 0 Å². The predicted molar refractivity (Wildman–Crippen MR) is 54.5 cm³/mol. The number of hydrogen-bond donors (Lipinski definition) is 1. The quantitative estimate of drug-likeness (QED) is 0.778. The Balaban J connectivity index is 3.07. The van der Waals surface area contributed by atoms with Gasteiger partial charge in [0, 0.05) is 13.2 Å². The fraction of sp³-hybridized carbons (Fsp3) is 0.556. The SMILES string of the molecule is CCC(OC)c1nc(CCl)cc(=O)[nH]1. The summed E-state index contributed by atoms with van der Waals surface area (Å²) >= 11 is 5.61. The molecule has 1 aromatic rings. The zero-order valence-electron chi connectivity index (χ0n) is 8.21. The highest BCUT2D eigenvalue weighted by atomic mass is 35.5. The number of halogens is 1. The van der Waals surface area contributed by atoms with Crippen LogP contribution < -0.4 is 5.56 Å². The van der Waals surface area contributed by atoms with Crippen LogP contribution in [0.4, 0.5) is 0 Å². The molecule has 1 atom stereocenters. The Bertz CT molecular complexity index is 347. The molecule has 1 unspecified atom stereocenters. The highest BCUT2D eigenvalue weighted by Gasteiger charge is 2.11. The van der Waals surface area contributed by atoms with Gasteiger partial charge in [-0.1, -0.05) is 6.92 Å². The van der Waals surface area contributed by atoms with E-state index in [1.54, 1.807) is 7.11 Å². The summed E-state index contributed by atoms with van der Waals surface area (Å²) in [5, 5.41) is 0. The van der Waals surface area contributed by atoms with Crippen LogP contribution in [0, 0.1) is 0 Å². The summed E-state index contributed by atoms with van der Waals surface area (Å²) in [5.41, 5.74) is 0.377. The van der Waals surface area contributed by atoms with E-state index in [2.05, 4.69) is 9.97 Å². The highest BCUT2D eigenvalue weighted by molar-refractivity contribution is 6.16. The van der Waals surface area contributed by atoms with Crippen molar-refractivity contribution in [2.75, 3.05) is 7.11 Å². The van der Waals surface area contributed by atoms with Gasteiger partial charge in [-0.2, -0.15) is 0 Å². The van der Waals surface area contributed by atoms with Gasteiger partial charge in [-0.15, -0.1) is 11.6 Å². The normalized spacial score (nSPS) is 12.8. The summed E-state index contributed by atoms with van der Waals surface area (Å²) < 4.78 is 5.16. The number of nitrogens with one attached hydrogen (secondary N) is 1. The third-order valence-electron chi connectivity index (χ3n) is 1.91. The molecule has 14 heavy (non-hydrogen) atoms. The average molecular weight is 217 g/mol. The fourth-order valence-electron chi connectivity index (χ4n) is 1.22. The van der Waals surface area contributed by atoms with E-state index in [4.69, 9.17) is 16.3 Å². The molecule has 1 aromatic heterocycles. The summed E-state index contributed by atoms with van der Waals surface area (Å²) in [6.07, 6.45) is 0.580. The number of aromatic nitrogens is 2. The van der Waals surface area contributed by atoms with Gasteiger partial charge >= 0.3 is 0 Å². The van der Waals surface area contributed by atoms with E-state index in [9.17, 15) is 4.79 Å². The summed E-state index contributed by atoms with van der Waals surface area (Å²) in [5.74, 6) is 0.773. The van der Waals surface area contributed by atoms with Crippen LogP contribution >= 0.6 is 11.6 Å². The monoisotopic (exact) mass is 216 g/mol. The van der Waals surface area contributed by atoms with E-state index in [1.807, 2.05) is 6.92 Å². The van der Waals surface area contributed by atoms with Gasteiger partial charge in [-0.05, 0) is 6.42 Å². The van der Waals surface area contributed by atoms with E-state index in [0.717, 1.165) is 6.42 Å². The molecule has 0 spiro atoms. The summed E-state index contributed by atoms with van der Waals surface area (Å²) in [6, 6.07) is 1.39. The van der Waals surface area contributed by atoms with Crippen LogP contribution in [0.3, 0.4) is 0 Å². The van der Waals surface area contributed by atoms with Crippen molar-refractivity contribution in [3.05, 3.63) is 27.9 Å². The van der Waals surface area contributed by atoms with Crippen LogP contribution in [-0.2, 0) is 10.6 Å². The molecule has 4 nitrogen and oxygen atoms in total. The molecule has 0 saturated carbocycles. The summed E-state index contributed by atoms with van der Waals surface area (Å²) in [4.78, 5) is 18.0. The van der Waals surface area contributed by atoms with Crippen LogP contribution in [0.25, 0.3) is 0 Å². The molecular formula is C9H13ClN2O2. The van der Waals surface area contributed by atoms with Gasteiger partial charge in [-0.25, -0.2) is 4.98 Å². The lowest BCUT2D eigenvalue weighted by molar-refractivity contribution is 0.0922. The molecular weight excluding hydrogens is 204 g/mol. The van der Waals surface area contributed by atoms with Gasteiger partial charge in [0.2, 0.25) is 0 Å². The summed E-state index contributed by atoms with van der Waals surface area (Å²) in [7, 11) is 1.58. The van der Waals surface area contributed by atoms with Crippen LogP contribution in [-0.4, -0.2) is 17.1 Å². The first-order valence-corrected chi connectivity index (χ1v) is 4.93. The Kier molecular flexibility index (Phi) is 4.10. The lowest BCUT2D eigenvalue weighted by Gasteiger charge is -2.11. The average Bonchev–Trinajstić information content (AvgIpc) is 2.19. The molecule has 1 rings (SSSR count). The van der Waals surface area contributed by atoms with Crippen molar-refractivity contribution in [2.45, 2.75) is 25.3 Å². The minimum atomic E-state index is -0.193. The van der Waals surface area contributed by atoms with Crippen LogP contribution in [0.1, 0.15) is 31.0 Å². The first kappa shape index (κ1) is 11.2. The van der Waals surface area contributed by atoms with Crippen molar-refractivity contribution in [3.63, 3.8) is 0 Å². The summed E-state index contributed by atoms with van der Waals surface area (Å²) in [6.45, 7) is 1.96. The largest absolute Gasteiger partial charge is 0.374 e. The van der Waals surface area contributed by atoms with Crippen molar-refractivity contribution in [1.82, 2.24) is 9.97 Å². The fourth-order valence-corrected chi connectivity index (χ4v) is 1.36. The van der Waals surface area contributed by atoms with Crippen molar-refractivity contribution in [2.24, 2.45) is 0 Å². The molecule has 78 valence electrons. The van der Waals surface area contributed by atoms with E-state index in [1.165, 1.54) is 6.07 Å². The Hall–Kier alpha value is -0.870. The predicted octanol–water partition coefficient (Wildman–Crippen LogP) is 1.61. The zero-order valence-corrected chi connectivity index (χ0v) is 8.97. The molecule has 0 bridgehead atoms. The van der Waals surface area contributed by atoms with Gasteiger partial charge in [0.1, 0.15) is 11.9 Å². The number of hydrogen-bond acceptors (Lipinski definition) is 3. The molecule has 0 aliphatic carbocycles. The van der Waals surface area contributed by atoms with Crippen molar-refractivity contribution < 1.29 is 4.74 Å². The number of alkyl halides is 1. The maximum atomic E-state index is 11.2. The van der Waals surface area contributed by atoms with Crippen LogP contribution in [0.2, 0.25) is 0 Å². The number of aromatic amines is 1. The number of methoxy groups -OCH3 is 1. The van der Waals surface area contributed by atoms with Gasteiger partial charge in [-0.3, -0.25) is 4.79 Å². The molecule has 0 aromatic carbocycles. The highest BCUT2D eigenvalue weighted by Crippen LogP contribution is 2.14. The van der Waals surface area contributed by atoms with Gasteiger partial charge in [0.25, 0.3) is 5.56 Å². The molecule has 1 N–H and O–H groups in total. The van der Waals surface area contributed by atoms with Gasteiger partial charge < -0.3 is 9.72 Å². The maximum Gasteiger partial charge on any atom is 0.251 e. The zero-order chi connectivity index (χ0) is 10.6. The van der Waals surface area contributed by atoms with E-state index < -0.39 is 0 Å². The van der Waals surface area contributed by atoms with Gasteiger partial charge in [0.15, 0.2) is 0 Å². The lowest BCUT2D eigenvalue weighted by Crippen LogP contribution is -2.16. The minimum absolute atomic E-state index is 0.175. The molecule has 0 fully saturated rings. The Labute approximate surface area is 87.3 Å². The first-order valence-electron chi connectivity index (χ1n) is 4.40. The number of H-pyrrole nitrogens is 1. The van der Waals surface area contributed by atoms with E-state index >= 15 is 0 Å². The smallest absolute Gasteiger partial charge is 0.251 e. The lowest BCUT2D eigenvalue weighted by atomic mass is 10.2. The third kappa shape index (κ3) is 2.56. The second-order valence-electron chi connectivity index (χ2n) is 2.89. The van der Waals surface area contributed by atoms with Crippen LogP contribution in [0.15, 0.2) is 10.9 Å². The second-order valence-corrected chi connectivity index (χ2v) is 3.16. The van der Waals surface area contributed by atoms with Crippen molar-refractivity contribution in [3.8, 4) is 0 Å². The molecule has 5 heteroatoms. The number of ether oxygens (including phenoxy) is 1. The second kappa shape index (κ2) is 5.12. The molecule has 0 aliphatic heterocycles. The number of nitrogens with zero attached hydrogens (tertiary/aromatic N) is 1. The van der Waals surface area contributed by atoms with Gasteiger partial charge in [0.05, 0.1) is 11.6 Å². The Morgan fingerprint density at radius 3 is 2.93 bits per heavy atom. The molecule has 0 saturated heterocycles. The molecule has 0 amide bonds. The van der Waals surface area contributed by atoms with Crippen molar-refractivity contribution >= 4 is 11.6 Å². The maximum absolute atomic E-state index is 11.2. The Morgan fingerprint density at radius 2 is 2.43 bits per heavy atom. The molecule has 0 aliphatic rings. The standard InChI is InChI=1S/C9H13ClN2O2/c1-3-7(14-2)9-11-6(5-10)4-8(13)12-9/h4,7H,3,5H2,1-2H3,(H,11,12,13).